The summed E-state index contributed by atoms with van der Waals surface area (Å²) < 4.78 is 1.80. The molecule has 2 heterocycles. The van der Waals surface area contributed by atoms with E-state index in [0.717, 1.165) is 24.5 Å². The van der Waals surface area contributed by atoms with E-state index in [0.29, 0.717) is 6.54 Å². The van der Waals surface area contributed by atoms with Crippen molar-refractivity contribution in [2.24, 2.45) is 0 Å². The first-order chi connectivity index (χ1) is 5.25. The summed E-state index contributed by atoms with van der Waals surface area (Å²) in [5.41, 5.74) is 0. The van der Waals surface area contributed by atoms with Gasteiger partial charge in [0.25, 0.3) is 0 Å². The molecule has 1 atom stereocenters. The van der Waals surface area contributed by atoms with Crippen molar-refractivity contribution in [1.29, 1.82) is 0 Å². The van der Waals surface area contributed by atoms with Crippen LogP contribution < -0.4 is 0 Å². The lowest BCUT2D eigenvalue weighted by atomic mass is 10.1. The predicted octanol–water partition coefficient (Wildman–Crippen LogP) is -0.106. The van der Waals surface area contributed by atoms with Crippen LogP contribution in [0.5, 0.6) is 0 Å². The van der Waals surface area contributed by atoms with Crippen molar-refractivity contribution < 1.29 is 5.11 Å². The van der Waals surface area contributed by atoms with Crippen LogP contribution in [0.25, 0.3) is 0 Å². The summed E-state index contributed by atoms with van der Waals surface area (Å²) in [6.07, 6.45) is 1.43. The van der Waals surface area contributed by atoms with Crippen molar-refractivity contribution in [3.63, 3.8) is 0 Å². The van der Waals surface area contributed by atoms with Crippen molar-refractivity contribution in [1.82, 2.24) is 14.8 Å². The maximum absolute atomic E-state index is 9.28. The molecule has 0 aromatic carbocycles. The molecule has 0 saturated heterocycles. The molecule has 0 spiro atoms. The third kappa shape index (κ3) is 1.14. The Kier molecular flexibility index (Phi) is 1.42. The number of fused-ring (bicyclic) bond motifs is 1. The standard InChI is InChI=1S/C7H11N3O/c1-5-8-7-3-2-6(11)4-10(7)9-5/h6,11H,2-4H2,1H3. The van der Waals surface area contributed by atoms with E-state index >= 15 is 0 Å². The Labute approximate surface area is 64.9 Å². The first-order valence-corrected chi connectivity index (χ1v) is 3.84. The van der Waals surface area contributed by atoms with Crippen molar-refractivity contribution in [2.45, 2.75) is 32.4 Å². The number of hydrogen-bond donors (Lipinski definition) is 1. The molecule has 4 heteroatoms. The van der Waals surface area contributed by atoms with Gasteiger partial charge in [-0.05, 0) is 13.3 Å². The van der Waals surface area contributed by atoms with Gasteiger partial charge in [-0.3, -0.25) is 0 Å². The maximum atomic E-state index is 9.28. The highest BCUT2D eigenvalue weighted by Gasteiger charge is 2.17. The van der Waals surface area contributed by atoms with Gasteiger partial charge in [0.1, 0.15) is 11.6 Å². The zero-order chi connectivity index (χ0) is 7.84. The molecule has 60 valence electrons. The van der Waals surface area contributed by atoms with E-state index in [4.69, 9.17) is 0 Å². The normalized spacial score (nSPS) is 23.3. The number of aromatic nitrogens is 3. The monoisotopic (exact) mass is 153 g/mol. The lowest BCUT2D eigenvalue weighted by molar-refractivity contribution is 0.124. The van der Waals surface area contributed by atoms with E-state index in [2.05, 4.69) is 10.1 Å². The Balaban J connectivity index is 2.34. The lowest BCUT2D eigenvalue weighted by Gasteiger charge is -2.16. The molecule has 0 bridgehead atoms. The number of aryl methyl sites for hydroxylation is 2. The van der Waals surface area contributed by atoms with Gasteiger partial charge in [-0.25, -0.2) is 9.67 Å². The third-order valence-electron chi connectivity index (χ3n) is 1.94. The Morgan fingerprint density at radius 2 is 2.45 bits per heavy atom. The number of aliphatic hydroxyl groups excluding tert-OH is 1. The average Bonchev–Trinajstić information content (AvgIpc) is 2.27. The van der Waals surface area contributed by atoms with Gasteiger partial charge in [-0.15, -0.1) is 0 Å². The van der Waals surface area contributed by atoms with Gasteiger partial charge in [-0.2, -0.15) is 5.10 Å². The first kappa shape index (κ1) is 6.79. The van der Waals surface area contributed by atoms with Crippen LogP contribution in [0.1, 0.15) is 18.1 Å². The highest BCUT2D eigenvalue weighted by molar-refractivity contribution is 4.95. The molecule has 4 nitrogen and oxygen atoms in total. The van der Waals surface area contributed by atoms with Crippen LogP contribution in [-0.4, -0.2) is 26.0 Å². The fourth-order valence-corrected chi connectivity index (χ4v) is 1.42. The number of nitrogens with zero attached hydrogens (tertiary/aromatic N) is 3. The van der Waals surface area contributed by atoms with Gasteiger partial charge < -0.3 is 5.11 Å². The summed E-state index contributed by atoms with van der Waals surface area (Å²) in [5.74, 6) is 1.81. The average molecular weight is 153 g/mol. The summed E-state index contributed by atoms with van der Waals surface area (Å²) in [5, 5.41) is 13.4. The van der Waals surface area contributed by atoms with E-state index in [9.17, 15) is 5.11 Å². The molecule has 1 aromatic heterocycles. The number of rotatable bonds is 0. The predicted molar refractivity (Wildman–Crippen MR) is 39.1 cm³/mol. The Hall–Kier alpha value is -0.900. The van der Waals surface area contributed by atoms with Gasteiger partial charge in [0.15, 0.2) is 0 Å². The molecule has 0 fully saturated rings. The molecule has 0 saturated carbocycles. The van der Waals surface area contributed by atoms with Crippen molar-refractivity contribution >= 4 is 0 Å². The van der Waals surface area contributed by atoms with Crippen LogP contribution in [0.2, 0.25) is 0 Å². The van der Waals surface area contributed by atoms with Crippen LogP contribution in [0, 0.1) is 6.92 Å². The van der Waals surface area contributed by atoms with E-state index in [1.807, 2.05) is 6.92 Å². The minimum absolute atomic E-state index is 0.233. The molecule has 0 radical (unpaired) electrons. The van der Waals surface area contributed by atoms with Gasteiger partial charge in [0.05, 0.1) is 12.6 Å². The highest BCUT2D eigenvalue weighted by atomic mass is 16.3. The topological polar surface area (TPSA) is 50.9 Å². The molecular weight excluding hydrogens is 142 g/mol. The van der Waals surface area contributed by atoms with Crippen molar-refractivity contribution in [3.8, 4) is 0 Å². The Bertz CT molecular complexity index is 269. The molecule has 11 heavy (non-hydrogen) atoms. The second-order valence-electron chi connectivity index (χ2n) is 2.95. The Morgan fingerprint density at radius 1 is 1.64 bits per heavy atom. The molecule has 1 unspecified atom stereocenters. The van der Waals surface area contributed by atoms with Crippen LogP contribution in [0.3, 0.4) is 0 Å². The van der Waals surface area contributed by atoms with Crippen LogP contribution in [0.15, 0.2) is 0 Å². The zero-order valence-electron chi connectivity index (χ0n) is 6.49. The summed E-state index contributed by atoms with van der Waals surface area (Å²) in [6.45, 7) is 2.48. The van der Waals surface area contributed by atoms with Crippen LogP contribution in [-0.2, 0) is 13.0 Å². The molecule has 0 amide bonds. The fourth-order valence-electron chi connectivity index (χ4n) is 1.42. The molecule has 1 aromatic rings. The summed E-state index contributed by atoms with van der Waals surface area (Å²) in [4.78, 5) is 4.23. The van der Waals surface area contributed by atoms with E-state index in [1.165, 1.54) is 0 Å². The van der Waals surface area contributed by atoms with Crippen LogP contribution >= 0.6 is 0 Å². The maximum Gasteiger partial charge on any atom is 0.147 e. The smallest absolute Gasteiger partial charge is 0.147 e. The second kappa shape index (κ2) is 2.30. The van der Waals surface area contributed by atoms with Gasteiger partial charge in [0.2, 0.25) is 0 Å². The minimum atomic E-state index is -0.233. The Morgan fingerprint density at radius 3 is 3.27 bits per heavy atom. The third-order valence-corrected chi connectivity index (χ3v) is 1.94. The molecule has 2 rings (SSSR count). The largest absolute Gasteiger partial charge is 0.391 e. The summed E-state index contributed by atoms with van der Waals surface area (Å²) in [7, 11) is 0. The minimum Gasteiger partial charge on any atom is -0.391 e. The summed E-state index contributed by atoms with van der Waals surface area (Å²) >= 11 is 0. The van der Waals surface area contributed by atoms with E-state index in [1.54, 1.807) is 4.68 Å². The molecule has 1 aliphatic rings. The summed E-state index contributed by atoms with van der Waals surface area (Å²) in [6, 6.07) is 0. The molecule has 1 N–H and O–H groups in total. The molecule has 1 aliphatic heterocycles. The van der Waals surface area contributed by atoms with Crippen molar-refractivity contribution in [2.75, 3.05) is 0 Å². The lowest BCUT2D eigenvalue weighted by Crippen LogP contribution is -2.25. The quantitative estimate of drug-likeness (QED) is 0.566. The highest BCUT2D eigenvalue weighted by Crippen LogP contribution is 2.11. The van der Waals surface area contributed by atoms with Gasteiger partial charge >= 0.3 is 0 Å². The second-order valence-corrected chi connectivity index (χ2v) is 2.95. The number of hydrogen-bond acceptors (Lipinski definition) is 3. The van der Waals surface area contributed by atoms with Gasteiger partial charge in [0, 0.05) is 6.42 Å². The SMILES string of the molecule is Cc1nc2n(n1)CC(O)CC2. The number of aliphatic hydroxyl groups is 1. The fraction of sp³-hybridized carbons (Fsp3) is 0.714. The van der Waals surface area contributed by atoms with E-state index < -0.39 is 0 Å². The van der Waals surface area contributed by atoms with Gasteiger partial charge in [-0.1, -0.05) is 0 Å². The molecule has 0 aliphatic carbocycles. The van der Waals surface area contributed by atoms with Crippen LogP contribution in [0.4, 0.5) is 0 Å². The van der Waals surface area contributed by atoms with Crippen molar-refractivity contribution in [3.05, 3.63) is 11.6 Å². The zero-order valence-corrected chi connectivity index (χ0v) is 6.49. The molecular formula is C7H11N3O. The first-order valence-electron chi connectivity index (χ1n) is 3.84. The van der Waals surface area contributed by atoms with E-state index in [-0.39, 0.29) is 6.10 Å².